The van der Waals surface area contributed by atoms with Gasteiger partial charge in [0.15, 0.2) is 0 Å². The van der Waals surface area contributed by atoms with Gasteiger partial charge in [-0.3, -0.25) is 0 Å². The Balaban J connectivity index is 1.91. The number of nitriles is 1. The normalized spacial score (nSPS) is 17.0. The predicted octanol–water partition coefficient (Wildman–Crippen LogP) is 3.66. The third-order valence-electron chi connectivity index (χ3n) is 4.51. The van der Waals surface area contributed by atoms with Gasteiger partial charge in [-0.05, 0) is 31.0 Å². The number of benzene rings is 1. The zero-order chi connectivity index (χ0) is 18.4. The number of anilines is 3. The summed E-state index contributed by atoms with van der Waals surface area (Å²) in [6, 6.07) is 11.9. The van der Waals surface area contributed by atoms with Gasteiger partial charge in [-0.25, -0.2) is 4.98 Å². The molecule has 1 fully saturated rings. The van der Waals surface area contributed by atoms with Crippen molar-refractivity contribution >= 4 is 17.5 Å². The van der Waals surface area contributed by atoms with Crippen LogP contribution in [0.2, 0.25) is 0 Å². The van der Waals surface area contributed by atoms with E-state index in [0.717, 1.165) is 56.2 Å². The molecule has 0 aliphatic carbocycles. The van der Waals surface area contributed by atoms with Gasteiger partial charge in [0.1, 0.15) is 5.82 Å². The first-order valence-electron chi connectivity index (χ1n) is 9.23. The monoisotopic (exact) mass is 351 g/mol. The highest BCUT2D eigenvalue weighted by Gasteiger charge is 2.23. The summed E-state index contributed by atoms with van der Waals surface area (Å²) in [5.74, 6) is 1.51. The molecule has 0 spiro atoms. The van der Waals surface area contributed by atoms with Crippen LogP contribution in [0.5, 0.6) is 0 Å². The summed E-state index contributed by atoms with van der Waals surface area (Å²) in [6.07, 6.45) is 2.95. The van der Waals surface area contributed by atoms with Crippen molar-refractivity contribution < 1.29 is 4.74 Å². The molecule has 1 N–H and O–H groups in total. The average molecular weight is 351 g/mol. The number of aryl methyl sites for hydroxylation is 1. The number of nitrogens with zero attached hydrogens (tertiary/aromatic N) is 4. The number of rotatable bonds is 6. The molecule has 0 amide bonds. The number of hydrogen-bond donors (Lipinski definition) is 1. The van der Waals surface area contributed by atoms with Gasteiger partial charge in [0, 0.05) is 24.0 Å². The van der Waals surface area contributed by atoms with Gasteiger partial charge in [-0.2, -0.15) is 10.2 Å². The van der Waals surface area contributed by atoms with Gasteiger partial charge in [-0.1, -0.05) is 26.3 Å². The van der Waals surface area contributed by atoms with Crippen molar-refractivity contribution in [1.82, 2.24) is 9.97 Å². The molecule has 2 heterocycles. The van der Waals surface area contributed by atoms with Crippen LogP contribution in [0.25, 0.3) is 0 Å². The summed E-state index contributed by atoms with van der Waals surface area (Å²) < 4.78 is 5.62. The molecule has 1 aromatic heterocycles. The largest absolute Gasteiger partial charge is 0.377 e. The summed E-state index contributed by atoms with van der Waals surface area (Å²) >= 11 is 0. The molecule has 1 saturated heterocycles. The summed E-state index contributed by atoms with van der Waals surface area (Å²) in [5.41, 5.74) is 2.45. The second kappa shape index (κ2) is 8.63. The minimum Gasteiger partial charge on any atom is -0.377 e. The van der Waals surface area contributed by atoms with Crippen LogP contribution < -0.4 is 10.2 Å². The maximum atomic E-state index is 9.09. The molecule has 3 rings (SSSR count). The van der Waals surface area contributed by atoms with Crippen molar-refractivity contribution in [3.63, 3.8) is 0 Å². The van der Waals surface area contributed by atoms with Gasteiger partial charge in [0.25, 0.3) is 0 Å². The molecule has 1 aliphatic heterocycles. The second-order valence-corrected chi connectivity index (χ2v) is 6.44. The van der Waals surface area contributed by atoms with E-state index >= 15 is 0 Å². The van der Waals surface area contributed by atoms with Crippen LogP contribution in [-0.2, 0) is 11.2 Å². The Labute approximate surface area is 154 Å². The molecule has 1 aliphatic rings. The first-order chi connectivity index (χ1) is 12.7. The number of ether oxygens (including phenoxy) is 1. The van der Waals surface area contributed by atoms with Gasteiger partial charge < -0.3 is 15.0 Å². The summed E-state index contributed by atoms with van der Waals surface area (Å²) in [6.45, 7) is 6.61. The molecule has 0 unspecified atom stereocenters. The second-order valence-electron chi connectivity index (χ2n) is 6.44. The predicted molar refractivity (Wildman–Crippen MR) is 103 cm³/mol. The van der Waals surface area contributed by atoms with E-state index in [4.69, 9.17) is 15.0 Å². The van der Waals surface area contributed by atoms with Crippen molar-refractivity contribution in [2.24, 2.45) is 0 Å². The standard InChI is InChI=1S/C20H25N5O/c1-3-6-16-12-19(25-9-10-26-14-18(25)4-2)24-20(22-16)23-17-8-5-7-15(11-17)13-21/h5,7-8,11-12,18H,3-4,6,9-10,14H2,1-2H3,(H,22,23,24)/t18-/m1/s1. The fourth-order valence-corrected chi connectivity index (χ4v) is 3.16. The minimum absolute atomic E-state index is 0.336. The van der Waals surface area contributed by atoms with E-state index in [0.29, 0.717) is 17.6 Å². The van der Waals surface area contributed by atoms with E-state index in [-0.39, 0.29) is 0 Å². The van der Waals surface area contributed by atoms with Gasteiger partial charge in [0.2, 0.25) is 5.95 Å². The van der Waals surface area contributed by atoms with Crippen LogP contribution in [0.3, 0.4) is 0 Å². The zero-order valence-electron chi connectivity index (χ0n) is 15.4. The highest BCUT2D eigenvalue weighted by molar-refractivity contribution is 5.58. The average Bonchev–Trinajstić information content (AvgIpc) is 2.68. The van der Waals surface area contributed by atoms with Crippen molar-refractivity contribution in [2.75, 3.05) is 30.0 Å². The van der Waals surface area contributed by atoms with E-state index in [2.05, 4.69) is 41.2 Å². The number of nitrogens with one attached hydrogen (secondary N) is 1. The van der Waals surface area contributed by atoms with E-state index in [9.17, 15) is 0 Å². The molecule has 0 radical (unpaired) electrons. The maximum absolute atomic E-state index is 9.09. The number of hydrogen-bond acceptors (Lipinski definition) is 6. The highest BCUT2D eigenvalue weighted by atomic mass is 16.5. The summed E-state index contributed by atoms with van der Waals surface area (Å²) in [5, 5.41) is 12.3. The van der Waals surface area contributed by atoms with E-state index in [1.165, 1.54) is 0 Å². The Bertz CT molecular complexity index is 786. The van der Waals surface area contributed by atoms with Crippen LogP contribution in [0.1, 0.15) is 37.9 Å². The zero-order valence-corrected chi connectivity index (χ0v) is 15.4. The third kappa shape index (κ3) is 4.30. The Morgan fingerprint density at radius 3 is 2.96 bits per heavy atom. The third-order valence-corrected chi connectivity index (χ3v) is 4.51. The topological polar surface area (TPSA) is 74.1 Å². The maximum Gasteiger partial charge on any atom is 0.229 e. The van der Waals surface area contributed by atoms with E-state index in [1.54, 1.807) is 12.1 Å². The van der Waals surface area contributed by atoms with Crippen LogP contribution in [-0.4, -0.2) is 35.8 Å². The lowest BCUT2D eigenvalue weighted by Crippen LogP contribution is -2.45. The van der Waals surface area contributed by atoms with Gasteiger partial charge in [0.05, 0.1) is 30.9 Å². The summed E-state index contributed by atoms with van der Waals surface area (Å²) in [7, 11) is 0. The number of aromatic nitrogens is 2. The lowest BCUT2D eigenvalue weighted by Gasteiger charge is -2.36. The first kappa shape index (κ1) is 18.2. The summed E-state index contributed by atoms with van der Waals surface area (Å²) in [4.78, 5) is 11.7. The van der Waals surface area contributed by atoms with E-state index in [1.807, 2.05) is 12.1 Å². The molecule has 1 atom stereocenters. The Morgan fingerprint density at radius 2 is 2.19 bits per heavy atom. The minimum atomic E-state index is 0.336. The molecular formula is C20H25N5O. The SMILES string of the molecule is CCCc1cc(N2CCOC[C@H]2CC)nc(Nc2cccc(C#N)c2)n1. The molecular weight excluding hydrogens is 326 g/mol. The van der Waals surface area contributed by atoms with Gasteiger partial charge in [-0.15, -0.1) is 0 Å². The van der Waals surface area contributed by atoms with Crippen molar-refractivity contribution in [3.05, 3.63) is 41.6 Å². The molecule has 136 valence electrons. The molecule has 6 heteroatoms. The lowest BCUT2D eigenvalue weighted by molar-refractivity contribution is 0.0925. The molecule has 0 saturated carbocycles. The Kier molecular flexibility index (Phi) is 6.03. The van der Waals surface area contributed by atoms with E-state index < -0.39 is 0 Å². The quantitative estimate of drug-likeness (QED) is 0.856. The number of morpholine rings is 1. The van der Waals surface area contributed by atoms with Crippen LogP contribution >= 0.6 is 0 Å². The molecule has 26 heavy (non-hydrogen) atoms. The molecule has 6 nitrogen and oxygen atoms in total. The fraction of sp³-hybridized carbons (Fsp3) is 0.450. The van der Waals surface area contributed by atoms with Crippen LogP contribution in [0, 0.1) is 11.3 Å². The molecule has 0 bridgehead atoms. The van der Waals surface area contributed by atoms with Crippen molar-refractivity contribution in [2.45, 2.75) is 39.2 Å². The fourth-order valence-electron chi connectivity index (χ4n) is 3.16. The lowest BCUT2D eigenvalue weighted by atomic mass is 10.1. The van der Waals surface area contributed by atoms with Crippen LogP contribution in [0.4, 0.5) is 17.5 Å². The molecule has 1 aromatic carbocycles. The van der Waals surface area contributed by atoms with Crippen molar-refractivity contribution in [3.8, 4) is 6.07 Å². The van der Waals surface area contributed by atoms with Crippen molar-refractivity contribution in [1.29, 1.82) is 5.26 Å². The highest BCUT2D eigenvalue weighted by Crippen LogP contribution is 2.24. The van der Waals surface area contributed by atoms with Gasteiger partial charge >= 0.3 is 0 Å². The Hall–Kier alpha value is -2.65. The molecule has 2 aromatic rings. The first-order valence-corrected chi connectivity index (χ1v) is 9.23. The van der Waals surface area contributed by atoms with Crippen LogP contribution in [0.15, 0.2) is 30.3 Å². The Morgan fingerprint density at radius 1 is 1.31 bits per heavy atom. The smallest absolute Gasteiger partial charge is 0.229 e.